The van der Waals surface area contributed by atoms with Crippen molar-refractivity contribution in [2.24, 2.45) is 0 Å². The second kappa shape index (κ2) is 11.6. The third-order valence-corrected chi connectivity index (χ3v) is 8.32. The molecule has 5 rings (SSSR count). The molecule has 1 atom stereocenters. The lowest BCUT2D eigenvalue weighted by atomic mass is 10.1. The van der Waals surface area contributed by atoms with Crippen LogP contribution >= 0.6 is 27.3 Å². The zero-order valence-corrected chi connectivity index (χ0v) is 24.4. The molecule has 2 aromatic carbocycles. The van der Waals surface area contributed by atoms with Gasteiger partial charge in [-0.1, -0.05) is 53.2 Å². The van der Waals surface area contributed by atoms with E-state index in [-0.39, 0.29) is 29.3 Å². The van der Waals surface area contributed by atoms with Crippen LogP contribution < -0.4 is 10.9 Å². The summed E-state index contributed by atoms with van der Waals surface area (Å²) in [5.41, 5.74) is 2.75. The highest BCUT2D eigenvalue weighted by Crippen LogP contribution is 2.29. The van der Waals surface area contributed by atoms with Gasteiger partial charge in [0.05, 0.1) is 35.0 Å². The van der Waals surface area contributed by atoms with E-state index in [1.54, 1.807) is 22.2 Å². The zero-order chi connectivity index (χ0) is 28.4. The Labute approximate surface area is 242 Å². The van der Waals surface area contributed by atoms with Gasteiger partial charge in [0.2, 0.25) is 0 Å². The van der Waals surface area contributed by atoms with Gasteiger partial charge in [0.1, 0.15) is 11.5 Å². The van der Waals surface area contributed by atoms with E-state index < -0.39 is 11.7 Å². The van der Waals surface area contributed by atoms with Gasteiger partial charge >= 0.3 is 0 Å². The minimum atomic E-state index is -0.490. The molecule has 0 saturated heterocycles. The van der Waals surface area contributed by atoms with Crippen LogP contribution in [0.4, 0.5) is 10.1 Å². The molecule has 3 aromatic heterocycles. The Bertz CT molecular complexity index is 1740. The number of pyridine rings is 1. The molecule has 8 nitrogen and oxygen atoms in total. The lowest BCUT2D eigenvalue weighted by Crippen LogP contribution is -2.22. The second-order valence-corrected chi connectivity index (χ2v) is 11.4. The number of nitrogens with zero attached hydrogens (tertiary/aromatic N) is 5. The number of nitrogens with one attached hydrogen (secondary N) is 1. The molecule has 11 heteroatoms. The van der Waals surface area contributed by atoms with Crippen molar-refractivity contribution in [2.75, 3.05) is 5.32 Å². The maximum absolute atomic E-state index is 14.8. The van der Waals surface area contributed by atoms with Crippen LogP contribution in [0.5, 0.6) is 0 Å². The fraction of sp³-hybridized carbons (Fsp3) is 0.207. The molecule has 0 radical (unpaired) electrons. The van der Waals surface area contributed by atoms with Crippen LogP contribution in [0.2, 0.25) is 0 Å². The first-order valence-corrected chi connectivity index (χ1v) is 14.3. The number of carbonyl (C=O) groups excluding carboxylic acids is 1. The quantitative estimate of drug-likeness (QED) is 0.214. The van der Waals surface area contributed by atoms with Gasteiger partial charge in [0.25, 0.3) is 11.5 Å². The Balaban J connectivity index is 1.34. The van der Waals surface area contributed by atoms with E-state index >= 15 is 0 Å². The number of aromatic nitrogens is 5. The van der Waals surface area contributed by atoms with Gasteiger partial charge < -0.3 is 9.88 Å². The lowest BCUT2D eigenvalue weighted by molar-refractivity contribution is 0.102. The average molecular weight is 622 g/mol. The minimum Gasteiger partial charge on any atom is -0.322 e. The first-order chi connectivity index (χ1) is 19.2. The predicted octanol–water partition coefficient (Wildman–Crippen LogP) is 6.50. The predicted molar refractivity (Wildman–Crippen MR) is 157 cm³/mol. The smallest absolute Gasteiger partial charge is 0.257 e. The van der Waals surface area contributed by atoms with Gasteiger partial charge in [-0.2, -0.15) is 0 Å². The monoisotopic (exact) mass is 620 g/mol. The molecule has 0 bridgehead atoms. The molecule has 40 heavy (non-hydrogen) atoms. The van der Waals surface area contributed by atoms with Crippen LogP contribution in [0.15, 0.2) is 81.6 Å². The van der Waals surface area contributed by atoms with E-state index in [1.165, 1.54) is 41.1 Å². The fourth-order valence-corrected chi connectivity index (χ4v) is 5.61. The SMILES string of the molecule is CC(C)c1nc(Cn2cc(C(=O)Nc3ccc(F)c(-c4cn([C@@H](C)c5ccccc5Br)nn4)c3)ccc2=O)cs1. The van der Waals surface area contributed by atoms with Gasteiger partial charge in [-0.25, -0.2) is 14.1 Å². The lowest BCUT2D eigenvalue weighted by Gasteiger charge is -2.13. The number of halogens is 2. The number of amides is 1. The Morgan fingerprint density at radius 2 is 1.90 bits per heavy atom. The molecule has 0 fully saturated rings. The van der Waals surface area contributed by atoms with Crippen molar-refractivity contribution in [1.29, 1.82) is 0 Å². The molecule has 0 saturated carbocycles. The Kier molecular flexibility index (Phi) is 8.04. The summed E-state index contributed by atoms with van der Waals surface area (Å²) in [5.74, 6) is -0.623. The molecule has 0 unspecified atom stereocenters. The first kappa shape index (κ1) is 27.6. The van der Waals surface area contributed by atoms with Crippen LogP contribution in [0, 0.1) is 5.82 Å². The van der Waals surface area contributed by atoms with Crippen LogP contribution in [0.1, 0.15) is 59.4 Å². The van der Waals surface area contributed by atoms with E-state index in [1.807, 2.05) is 36.6 Å². The largest absolute Gasteiger partial charge is 0.322 e. The highest BCUT2D eigenvalue weighted by molar-refractivity contribution is 9.10. The van der Waals surface area contributed by atoms with Gasteiger partial charge in [-0.3, -0.25) is 9.59 Å². The molecule has 1 N–H and O–H groups in total. The van der Waals surface area contributed by atoms with Crippen molar-refractivity contribution in [3.63, 3.8) is 0 Å². The van der Waals surface area contributed by atoms with Crippen LogP contribution in [-0.4, -0.2) is 30.5 Å². The van der Waals surface area contributed by atoms with Crippen molar-refractivity contribution >= 4 is 38.9 Å². The normalized spacial score (nSPS) is 12.1. The summed E-state index contributed by atoms with van der Waals surface area (Å²) in [7, 11) is 0. The van der Waals surface area contributed by atoms with Crippen molar-refractivity contribution in [2.45, 2.75) is 39.3 Å². The summed E-state index contributed by atoms with van der Waals surface area (Å²) >= 11 is 5.11. The maximum atomic E-state index is 14.8. The van der Waals surface area contributed by atoms with Gasteiger partial charge in [0.15, 0.2) is 0 Å². The first-order valence-electron chi connectivity index (χ1n) is 12.6. The Morgan fingerprint density at radius 3 is 2.65 bits per heavy atom. The van der Waals surface area contributed by atoms with Crippen molar-refractivity contribution in [3.05, 3.63) is 115 Å². The number of anilines is 1. The Hall–Kier alpha value is -3.96. The number of rotatable bonds is 8. The molecule has 0 aliphatic heterocycles. The van der Waals surface area contributed by atoms with Crippen molar-refractivity contribution < 1.29 is 9.18 Å². The molecule has 0 spiro atoms. The van der Waals surface area contributed by atoms with Gasteiger partial charge in [-0.05, 0) is 42.8 Å². The molecule has 1 amide bonds. The molecule has 0 aliphatic carbocycles. The number of hydrogen-bond acceptors (Lipinski definition) is 6. The Morgan fingerprint density at radius 1 is 1.10 bits per heavy atom. The van der Waals surface area contributed by atoms with E-state index in [4.69, 9.17) is 0 Å². The summed E-state index contributed by atoms with van der Waals surface area (Å²) in [6.45, 7) is 6.36. The highest BCUT2D eigenvalue weighted by atomic mass is 79.9. The standard InChI is InChI=1S/C29H26BrFN6O2S/c1-17(2)29-33-21(16-40-29)14-36-13-19(8-11-27(36)38)28(39)32-20-9-10-25(31)23(12-20)26-15-37(35-34-26)18(3)22-6-4-5-7-24(22)30/h4-13,15-18H,14H2,1-3H3,(H,32,39)/t18-/m0/s1. The number of benzene rings is 2. The second-order valence-electron chi connectivity index (χ2n) is 9.65. The third-order valence-electron chi connectivity index (χ3n) is 6.40. The summed E-state index contributed by atoms with van der Waals surface area (Å²) < 4.78 is 18.9. The molecule has 3 heterocycles. The number of carbonyl (C=O) groups is 1. The number of hydrogen-bond donors (Lipinski definition) is 1. The zero-order valence-electron chi connectivity index (χ0n) is 22.0. The van der Waals surface area contributed by atoms with Crippen LogP contribution in [0.25, 0.3) is 11.3 Å². The molecule has 5 aromatic rings. The minimum absolute atomic E-state index is 0.139. The molecular weight excluding hydrogens is 595 g/mol. The molecular formula is C29H26BrFN6O2S. The van der Waals surface area contributed by atoms with E-state index in [0.29, 0.717) is 17.3 Å². The van der Waals surface area contributed by atoms with Crippen LogP contribution in [0.3, 0.4) is 0 Å². The average Bonchev–Trinajstić information content (AvgIpc) is 3.61. The highest BCUT2D eigenvalue weighted by Gasteiger charge is 2.17. The summed E-state index contributed by atoms with van der Waals surface area (Å²) in [5, 5.41) is 14.1. The third kappa shape index (κ3) is 5.95. The number of thiazole rings is 1. The van der Waals surface area contributed by atoms with Gasteiger partial charge in [-0.15, -0.1) is 16.4 Å². The van der Waals surface area contributed by atoms with E-state index in [9.17, 15) is 14.0 Å². The fourth-order valence-electron chi connectivity index (χ4n) is 4.17. The van der Waals surface area contributed by atoms with Crippen molar-refractivity contribution in [1.82, 2.24) is 24.5 Å². The van der Waals surface area contributed by atoms with E-state index in [0.717, 1.165) is 20.7 Å². The van der Waals surface area contributed by atoms with Gasteiger partial charge in [0, 0.05) is 39.3 Å². The topological polar surface area (TPSA) is 94.7 Å². The summed E-state index contributed by atoms with van der Waals surface area (Å²) in [6, 6.07) is 14.7. The van der Waals surface area contributed by atoms with Crippen molar-refractivity contribution in [3.8, 4) is 11.3 Å². The van der Waals surface area contributed by atoms with Crippen LogP contribution in [-0.2, 0) is 6.54 Å². The maximum Gasteiger partial charge on any atom is 0.257 e. The summed E-state index contributed by atoms with van der Waals surface area (Å²) in [4.78, 5) is 30.1. The molecule has 204 valence electrons. The van der Waals surface area contributed by atoms with E-state index in [2.05, 4.69) is 50.4 Å². The molecule has 0 aliphatic rings. The summed E-state index contributed by atoms with van der Waals surface area (Å²) in [6.07, 6.45) is 3.18.